The molecule has 3 nitrogen and oxygen atoms in total. The van der Waals surface area contributed by atoms with Crippen molar-refractivity contribution in [3.8, 4) is 0 Å². The van der Waals surface area contributed by atoms with Crippen molar-refractivity contribution < 1.29 is 0 Å². The van der Waals surface area contributed by atoms with Gasteiger partial charge >= 0.3 is 0 Å². The third kappa shape index (κ3) is 1.42. The van der Waals surface area contributed by atoms with E-state index in [1.165, 1.54) is 29.3 Å². The highest BCUT2D eigenvalue weighted by Crippen LogP contribution is 2.50. The van der Waals surface area contributed by atoms with Gasteiger partial charge in [0.05, 0.1) is 11.2 Å². The van der Waals surface area contributed by atoms with E-state index in [0.29, 0.717) is 0 Å². The summed E-state index contributed by atoms with van der Waals surface area (Å²) < 4.78 is 1.94. The lowest BCUT2D eigenvalue weighted by Crippen LogP contribution is -2.31. The molecule has 0 bridgehead atoms. The van der Waals surface area contributed by atoms with Crippen molar-refractivity contribution in [1.29, 1.82) is 0 Å². The average Bonchev–Trinajstić information content (AvgIpc) is 3.04. The number of rotatable bonds is 2. The molecule has 1 aromatic carbocycles. The molecule has 0 aliphatic heterocycles. The summed E-state index contributed by atoms with van der Waals surface area (Å²) in [4.78, 5) is 0. The fourth-order valence-electron chi connectivity index (χ4n) is 2.89. The Balaban J connectivity index is 2.17. The van der Waals surface area contributed by atoms with E-state index < -0.39 is 0 Å². The maximum Gasteiger partial charge on any atom is 0.0682 e. The van der Waals surface area contributed by atoms with Crippen LogP contribution in [0.4, 0.5) is 0 Å². The molecule has 90 valence electrons. The number of hydrogen-bond acceptors (Lipinski definition) is 2. The Morgan fingerprint density at radius 3 is 2.71 bits per heavy atom. The second kappa shape index (κ2) is 3.33. The van der Waals surface area contributed by atoms with Gasteiger partial charge in [-0.3, -0.25) is 4.68 Å². The number of fused-ring (bicyclic) bond motifs is 1. The van der Waals surface area contributed by atoms with Gasteiger partial charge in [-0.25, -0.2) is 0 Å². The Labute approximate surface area is 102 Å². The van der Waals surface area contributed by atoms with Gasteiger partial charge in [-0.05, 0) is 44.4 Å². The van der Waals surface area contributed by atoms with E-state index in [9.17, 15) is 0 Å². The van der Waals surface area contributed by atoms with Gasteiger partial charge in [0.25, 0.3) is 0 Å². The predicted molar refractivity (Wildman–Crippen MR) is 70.0 cm³/mol. The van der Waals surface area contributed by atoms with Crippen LogP contribution in [0.1, 0.15) is 31.0 Å². The first-order valence-electron chi connectivity index (χ1n) is 6.24. The van der Waals surface area contributed by atoms with E-state index in [1.807, 2.05) is 11.7 Å². The molecular formula is C14H19N3. The van der Waals surface area contributed by atoms with Crippen LogP contribution in [0.25, 0.3) is 10.9 Å². The zero-order valence-corrected chi connectivity index (χ0v) is 10.7. The lowest BCUT2D eigenvalue weighted by atomic mass is 9.88. The lowest BCUT2D eigenvalue weighted by Gasteiger charge is -2.20. The zero-order chi connectivity index (χ0) is 12.2. The molecule has 3 rings (SSSR count). The van der Waals surface area contributed by atoms with Crippen molar-refractivity contribution in [2.24, 2.45) is 12.8 Å². The Kier molecular flexibility index (Phi) is 2.11. The molecule has 1 unspecified atom stereocenters. The van der Waals surface area contributed by atoms with Crippen molar-refractivity contribution in [2.75, 3.05) is 0 Å². The van der Waals surface area contributed by atoms with Gasteiger partial charge in [-0.1, -0.05) is 6.07 Å². The minimum Gasteiger partial charge on any atom is -0.327 e. The summed E-state index contributed by atoms with van der Waals surface area (Å²) in [5.41, 5.74) is 10.1. The van der Waals surface area contributed by atoms with Crippen LogP contribution in [-0.2, 0) is 12.5 Å². The smallest absolute Gasteiger partial charge is 0.0682 e. The largest absolute Gasteiger partial charge is 0.327 e. The average molecular weight is 229 g/mol. The predicted octanol–water partition coefficient (Wildman–Crippen LogP) is 2.26. The fraction of sp³-hybridized carbons (Fsp3) is 0.500. The van der Waals surface area contributed by atoms with Gasteiger partial charge in [0.15, 0.2) is 0 Å². The lowest BCUT2D eigenvalue weighted by molar-refractivity contribution is 0.557. The number of benzene rings is 1. The van der Waals surface area contributed by atoms with Crippen molar-refractivity contribution in [2.45, 2.75) is 38.1 Å². The molecule has 0 amide bonds. The highest BCUT2D eigenvalue weighted by molar-refractivity contribution is 5.83. The van der Waals surface area contributed by atoms with E-state index in [4.69, 9.17) is 5.73 Å². The second-order valence-corrected chi connectivity index (χ2v) is 5.39. The summed E-state index contributed by atoms with van der Waals surface area (Å²) in [5, 5.41) is 5.73. The molecule has 1 fully saturated rings. The molecule has 2 aromatic rings. The van der Waals surface area contributed by atoms with Crippen LogP contribution in [0.5, 0.6) is 0 Å². The molecule has 0 saturated heterocycles. The summed E-state index contributed by atoms with van der Waals surface area (Å²) in [6.07, 6.45) is 2.44. The van der Waals surface area contributed by atoms with Crippen LogP contribution in [0, 0.1) is 6.92 Å². The van der Waals surface area contributed by atoms with Crippen molar-refractivity contribution >= 4 is 10.9 Å². The van der Waals surface area contributed by atoms with E-state index >= 15 is 0 Å². The summed E-state index contributed by atoms with van der Waals surface area (Å²) in [7, 11) is 1.99. The first kappa shape index (κ1) is 10.8. The van der Waals surface area contributed by atoms with Gasteiger partial charge in [0, 0.05) is 23.9 Å². The number of aromatic nitrogens is 2. The number of aryl methyl sites for hydroxylation is 2. The minimum atomic E-state index is 0.233. The maximum absolute atomic E-state index is 6.13. The van der Waals surface area contributed by atoms with Gasteiger partial charge in [-0.2, -0.15) is 5.10 Å². The molecule has 0 spiro atoms. The van der Waals surface area contributed by atoms with E-state index in [0.717, 1.165) is 5.69 Å². The van der Waals surface area contributed by atoms with Gasteiger partial charge in [0.1, 0.15) is 0 Å². The van der Waals surface area contributed by atoms with Crippen LogP contribution >= 0.6 is 0 Å². The van der Waals surface area contributed by atoms with Crippen LogP contribution in [0.3, 0.4) is 0 Å². The topological polar surface area (TPSA) is 43.8 Å². The van der Waals surface area contributed by atoms with Gasteiger partial charge in [0.2, 0.25) is 0 Å². The van der Waals surface area contributed by atoms with Gasteiger partial charge in [-0.15, -0.1) is 0 Å². The molecule has 0 radical (unpaired) electrons. The zero-order valence-electron chi connectivity index (χ0n) is 10.7. The Morgan fingerprint density at radius 1 is 1.41 bits per heavy atom. The number of hydrogen-bond donors (Lipinski definition) is 1. The molecule has 1 saturated carbocycles. The van der Waals surface area contributed by atoms with Crippen LogP contribution in [-0.4, -0.2) is 15.8 Å². The second-order valence-electron chi connectivity index (χ2n) is 5.39. The Morgan fingerprint density at radius 2 is 2.12 bits per heavy atom. The third-order valence-electron chi connectivity index (χ3n) is 4.27. The van der Waals surface area contributed by atoms with Crippen molar-refractivity contribution in [3.05, 3.63) is 29.5 Å². The maximum atomic E-state index is 6.13. The molecule has 1 aromatic heterocycles. The Hall–Kier alpha value is -1.35. The normalized spacial score (nSPS) is 19.5. The third-order valence-corrected chi connectivity index (χ3v) is 4.27. The summed E-state index contributed by atoms with van der Waals surface area (Å²) in [6, 6.07) is 6.91. The van der Waals surface area contributed by atoms with Crippen molar-refractivity contribution in [1.82, 2.24) is 9.78 Å². The number of nitrogens with zero attached hydrogens (tertiary/aromatic N) is 2. The fourth-order valence-corrected chi connectivity index (χ4v) is 2.89. The highest BCUT2D eigenvalue weighted by Gasteiger charge is 2.47. The first-order valence-corrected chi connectivity index (χ1v) is 6.24. The van der Waals surface area contributed by atoms with Crippen molar-refractivity contribution in [3.63, 3.8) is 0 Å². The van der Waals surface area contributed by atoms with E-state index in [-0.39, 0.29) is 11.5 Å². The van der Waals surface area contributed by atoms with E-state index in [2.05, 4.69) is 37.1 Å². The quantitative estimate of drug-likeness (QED) is 0.858. The summed E-state index contributed by atoms with van der Waals surface area (Å²) >= 11 is 0. The minimum absolute atomic E-state index is 0.233. The molecule has 1 heterocycles. The monoisotopic (exact) mass is 229 g/mol. The molecule has 1 aliphatic rings. The molecule has 17 heavy (non-hydrogen) atoms. The SMILES string of the molecule is Cc1nn(C)c2ccc(C3(C(C)N)CC3)cc12. The molecular weight excluding hydrogens is 210 g/mol. The highest BCUT2D eigenvalue weighted by atomic mass is 15.3. The summed E-state index contributed by atoms with van der Waals surface area (Å²) in [6.45, 7) is 4.19. The van der Waals surface area contributed by atoms with Crippen LogP contribution in [0.2, 0.25) is 0 Å². The van der Waals surface area contributed by atoms with Crippen LogP contribution in [0.15, 0.2) is 18.2 Å². The first-order chi connectivity index (χ1) is 8.04. The van der Waals surface area contributed by atoms with Crippen LogP contribution < -0.4 is 5.73 Å². The molecule has 2 N–H and O–H groups in total. The summed E-state index contributed by atoms with van der Waals surface area (Å²) in [5.74, 6) is 0. The molecule has 1 atom stereocenters. The van der Waals surface area contributed by atoms with Gasteiger partial charge < -0.3 is 5.73 Å². The molecule has 3 heteroatoms. The van der Waals surface area contributed by atoms with E-state index in [1.54, 1.807) is 0 Å². The number of nitrogens with two attached hydrogens (primary N) is 1. The Bertz CT molecular complexity index is 576. The standard InChI is InChI=1S/C14H19N3/c1-9-12-8-11(14(6-7-14)10(2)15)4-5-13(12)17(3)16-9/h4-5,8,10H,6-7,15H2,1-3H3. The molecule has 1 aliphatic carbocycles.